The van der Waals surface area contributed by atoms with E-state index in [-0.39, 0.29) is 5.91 Å². The molecule has 4 heteroatoms. The molecule has 0 aromatic heterocycles. The van der Waals surface area contributed by atoms with Crippen molar-refractivity contribution in [2.24, 2.45) is 11.7 Å². The van der Waals surface area contributed by atoms with E-state index in [0.717, 1.165) is 18.7 Å². The zero-order valence-electron chi connectivity index (χ0n) is 13.2. The van der Waals surface area contributed by atoms with Crippen LogP contribution >= 0.6 is 0 Å². The number of amides is 1. The first-order valence-electron chi connectivity index (χ1n) is 7.85. The maximum absolute atomic E-state index is 12.4. The van der Waals surface area contributed by atoms with E-state index in [1.165, 1.54) is 19.3 Å². The molecule has 1 aromatic rings. The highest BCUT2D eigenvalue weighted by atomic mass is 16.2. The van der Waals surface area contributed by atoms with Crippen molar-refractivity contribution in [3.05, 3.63) is 30.3 Å². The largest absolute Gasteiger partial charge is 0.330 e. The number of rotatable bonds is 5. The van der Waals surface area contributed by atoms with Gasteiger partial charge in [-0.3, -0.25) is 9.69 Å². The highest BCUT2D eigenvalue weighted by Crippen LogP contribution is 2.27. The maximum atomic E-state index is 12.4. The summed E-state index contributed by atoms with van der Waals surface area (Å²) in [6.45, 7) is 1.17. The minimum absolute atomic E-state index is 0.130. The molecule has 2 rings (SSSR count). The van der Waals surface area contributed by atoms with Gasteiger partial charge in [0.05, 0.1) is 6.54 Å². The lowest BCUT2D eigenvalue weighted by Crippen LogP contribution is -2.47. The third kappa shape index (κ3) is 4.05. The van der Waals surface area contributed by atoms with Gasteiger partial charge < -0.3 is 10.6 Å². The first kappa shape index (κ1) is 16.0. The topological polar surface area (TPSA) is 49.6 Å². The molecule has 0 aliphatic heterocycles. The highest BCUT2D eigenvalue weighted by Gasteiger charge is 2.28. The lowest BCUT2D eigenvalue weighted by Gasteiger charge is -2.37. The van der Waals surface area contributed by atoms with Crippen LogP contribution in [0.5, 0.6) is 0 Å². The Bertz CT molecular complexity index is 449. The van der Waals surface area contributed by atoms with E-state index in [4.69, 9.17) is 5.73 Å². The van der Waals surface area contributed by atoms with Gasteiger partial charge in [0.2, 0.25) is 5.91 Å². The molecule has 0 bridgehead atoms. The number of nitrogens with two attached hydrogens (primary N) is 1. The van der Waals surface area contributed by atoms with E-state index in [0.29, 0.717) is 18.5 Å². The molecule has 116 valence electrons. The Morgan fingerprint density at radius 3 is 2.52 bits per heavy atom. The molecule has 1 saturated carbocycles. The molecule has 0 saturated heterocycles. The van der Waals surface area contributed by atoms with Gasteiger partial charge in [-0.05, 0) is 44.5 Å². The van der Waals surface area contributed by atoms with Gasteiger partial charge >= 0.3 is 0 Å². The number of hydrogen-bond acceptors (Lipinski definition) is 3. The summed E-state index contributed by atoms with van der Waals surface area (Å²) in [7, 11) is 3.89. The fourth-order valence-electron chi connectivity index (χ4n) is 3.28. The summed E-state index contributed by atoms with van der Waals surface area (Å²) in [5, 5.41) is 0. The van der Waals surface area contributed by atoms with E-state index in [2.05, 4.69) is 11.9 Å². The SMILES string of the molecule is CN(C(=O)CN(C)C1CCCCC1CN)c1ccccc1. The van der Waals surface area contributed by atoms with Crippen molar-refractivity contribution in [3.63, 3.8) is 0 Å². The van der Waals surface area contributed by atoms with Crippen LogP contribution in [0.15, 0.2) is 30.3 Å². The van der Waals surface area contributed by atoms with Crippen LogP contribution in [-0.4, -0.2) is 44.0 Å². The highest BCUT2D eigenvalue weighted by molar-refractivity contribution is 5.94. The molecule has 2 unspecified atom stereocenters. The molecule has 0 radical (unpaired) electrons. The van der Waals surface area contributed by atoms with Crippen molar-refractivity contribution < 1.29 is 4.79 Å². The second-order valence-corrected chi connectivity index (χ2v) is 6.05. The Kier molecular flexibility index (Phi) is 5.76. The predicted octanol–water partition coefficient (Wildman–Crippen LogP) is 2.10. The average molecular weight is 289 g/mol. The molecular weight excluding hydrogens is 262 g/mol. The molecule has 1 aliphatic carbocycles. The molecule has 2 N–H and O–H groups in total. The predicted molar refractivity (Wildman–Crippen MR) is 87.3 cm³/mol. The molecule has 1 aromatic carbocycles. The van der Waals surface area contributed by atoms with Gasteiger partial charge in [0.1, 0.15) is 0 Å². The standard InChI is InChI=1S/C17H27N3O/c1-19(16-11-7-6-8-14(16)12-18)13-17(21)20(2)15-9-4-3-5-10-15/h3-5,9-10,14,16H,6-8,11-13,18H2,1-2H3. The number of likely N-dealkylation sites (N-methyl/N-ethyl adjacent to an activating group) is 2. The summed E-state index contributed by atoms with van der Waals surface area (Å²) in [5.41, 5.74) is 6.83. The molecule has 21 heavy (non-hydrogen) atoms. The van der Waals surface area contributed by atoms with Crippen LogP contribution in [0.1, 0.15) is 25.7 Å². The summed E-state index contributed by atoms with van der Waals surface area (Å²) in [4.78, 5) is 16.4. The van der Waals surface area contributed by atoms with Crippen LogP contribution in [0.3, 0.4) is 0 Å². The molecule has 2 atom stereocenters. The summed E-state index contributed by atoms with van der Waals surface area (Å²) < 4.78 is 0. The van der Waals surface area contributed by atoms with Crippen LogP contribution in [0, 0.1) is 5.92 Å². The number of carbonyl (C=O) groups excluding carboxylic acids is 1. The molecule has 1 aliphatic rings. The van der Waals surface area contributed by atoms with E-state index in [1.807, 2.05) is 37.4 Å². The van der Waals surface area contributed by atoms with E-state index in [9.17, 15) is 4.79 Å². The fraction of sp³-hybridized carbons (Fsp3) is 0.588. The van der Waals surface area contributed by atoms with Crippen LogP contribution in [0.2, 0.25) is 0 Å². The number of benzene rings is 1. The van der Waals surface area contributed by atoms with Crippen molar-refractivity contribution >= 4 is 11.6 Å². The van der Waals surface area contributed by atoms with Gasteiger partial charge in [-0.2, -0.15) is 0 Å². The third-order valence-electron chi connectivity index (χ3n) is 4.64. The van der Waals surface area contributed by atoms with Crippen LogP contribution < -0.4 is 10.6 Å². The number of carbonyl (C=O) groups is 1. The molecule has 0 heterocycles. The Morgan fingerprint density at radius 1 is 1.19 bits per heavy atom. The smallest absolute Gasteiger partial charge is 0.240 e. The summed E-state index contributed by atoms with van der Waals surface area (Å²) in [6.07, 6.45) is 4.85. The maximum Gasteiger partial charge on any atom is 0.240 e. The summed E-state index contributed by atoms with van der Waals surface area (Å²) >= 11 is 0. The minimum atomic E-state index is 0.130. The van der Waals surface area contributed by atoms with Gasteiger partial charge in [-0.25, -0.2) is 0 Å². The van der Waals surface area contributed by atoms with Gasteiger partial charge in [-0.15, -0.1) is 0 Å². The first-order valence-corrected chi connectivity index (χ1v) is 7.85. The van der Waals surface area contributed by atoms with E-state index in [1.54, 1.807) is 4.90 Å². The van der Waals surface area contributed by atoms with Gasteiger partial charge in [0, 0.05) is 18.8 Å². The normalized spacial score (nSPS) is 22.3. The monoisotopic (exact) mass is 289 g/mol. The van der Waals surface area contributed by atoms with E-state index >= 15 is 0 Å². The number of hydrogen-bond donors (Lipinski definition) is 1. The molecule has 1 amide bonds. The Balaban J connectivity index is 1.95. The van der Waals surface area contributed by atoms with Crippen LogP contribution in [0.4, 0.5) is 5.69 Å². The van der Waals surface area contributed by atoms with Crippen LogP contribution in [0.25, 0.3) is 0 Å². The number of nitrogens with zero attached hydrogens (tertiary/aromatic N) is 2. The van der Waals surface area contributed by atoms with Crippen LogP contribution in [-0.2, 0) is 4.79 Å². The third-order valence-corrected chi connectivity index (χ3v) is 4.64. The fourth-order valence-corrected chi connectivity index (χ4v) is 3.28. The van der Waals surface area contributed by atoms with Gasteiger partial charge in [-0.1, -0.05) is 31.0 Å². The molecular formula is C17H27N3O. The van der Waals surface area contributed by atoms with Crippen molar-refractivity contribution in [2.75, 3.05) is 32.1 Å². The molecule has 1 fully saturated rings. The Labute approximate surface area is 127 Å². The van der Waals surface area contributed by atoms with Crippen molar-refractivity contribution in [1.82, 2.24) is 4.90 Å². The molecule has 0 spiro atoms. The van der Waals surface area contributed by atoms with Crippen molar-refractivity contribution in [1.29, 1.82) is 0 Å². The van der Waals surface area contributed by atoms with Crippen molar-refractivity contribution in [3.8, 4) is 0 Å². The Morgan fingerprint density at radius 2 is 1.86 bits per heavy atom. The van der Waals surface area contributed by atoms with Crippen molar-refractivity contribution in [2.45, 2.75) is 31.7 Å². The average Bonchev–Trinajstić information content (AvgIpc) is 2.54. The van der Waals surface area contributed by atoms with Gasteiger partial charge in [0.25, 0.3) is 0 Å². The Hall–Kier alpha value is -1.39. The second kappa shape index (κ2) is 7.57. The number of anilines is 1. The number of para-hydroxylation sites is 1. The molecule has 4 nitrogen and oxygen atoms in total. The summed E-state index contributed by atoms with van der Waals surface area (Å²) in [5.74, 6) is 0.656. The lowest BCUT2D eigenvalue weighted by atomic mass is 9.84. The minimum Gasteiger partial charge on any atom is -0.330 e. The second-order valence-electron chi connectivity index (χ2n) is 6.05. The van der Waals surface area contributed by atoms with Gasteiger partial charge in [0.15, 0.2) is 0 Å². The lowest BCUT2D eigenvalue weighted by molar-refractivity contribution is -0.120. The zero-order chi connectivity index (χ0) is 15.2. The van der Waals surface area contributed by atoms with E-state index < -0.39 is 0 Å². The first-order chi connectivity index (χ1) is 10.1. The zero-order valence-corrected chi connectivity index (χ0v) is 13.2. The quantitative estimate of drug-likeness (QED) is 0.903. The summed E-state index contributed by atoms with van der Waals surface area (Å²) in [6, 6.07) is 10.2.